The largest absolute Gasteiger partial charge is 0.322 e. The average Bonchev–Trinajstić information content (AvgIpc) is 2.97. The maximum Gasteiger partial charge on any atom is 0.256 e. The Labute approximate surface area is 140 Å². The summed E-state index contributed by atoms with van der Waals surface area (Å²) < 4.78 is 0. The van der Waals surface area contributed by atoms with E-state index in [1.165, 1.54) is 16.5 Å². The topological polar surface area (TPSA) is 29.1 Å². The second kappa shape index (κ2) is 5.39. The fourth-order valence-electron chi connectivity index (χ4n) is 3.31. The van der Waals surface area contributed by atoms with E-state index in [9.17, 15) is 4.79 Å². The number of aryl methyl sites for hydroxylation is 3. The first-order chi connectivity index (χ1) is 11.1. The molecule has 0 saturated carbocycles. The molecule has 0 bridgehead atoms. The highest BCUT2D eigenvalue weighted by Gasteiger charge is 2.18. The molecule has 0 atom stereocenters. The summed E-state index contributed by atoms with van der Waals surface area (Å²) in [4.78, 5) is 12.7. The lowest BCUT2D eigenvalue weighted by Crippen LogP contribution is -2.12. The van der Waals surface area contributed by atoms with Crippen LogP contribution in [0.1, 0.15) is 27.0 Å². The number of carbonyl (C=O) groups excluding carboxylic acids is 1. The third kappa shape index (κ3) is 2.40. The number of anilines is 1. The zero-order chi connectivity index (χ0) is 16.0. The third-order valence-electron chi connectivity index (χ3n) is 4.55. The minimum Gasteiger partial charge on any atom is -0.322 e. The van der Waals surface area contributed by atoms with Gasteiger partial charge < -0.3 is 5.32 Å². The Morgan fingerprint density at radius 3 is 2.61 bits per heavy atom. The molecule has 0 aliphatic heterocycles. The van der Waals surface area contributed by atoms with Gasteiger partial charge in [-0.1, -0.05) is 41.9 Å². The van der Waals surface area contributed by atoms with E-state index in [1.807, 2.05) is 37.3 Å². The highest BCUT2D eigenvalue weighted by atomic mass is 35.5. The molecule has 0 saturated heterocycles. The predicted octanol–water partition coefficient (Wildman–Crippen LogP) is 5.15. The van der Waals surface area contributed by atoms with Gasteiger partial charge >= 0.3 is 0 Å². The lowest BCUT2D eigenvalue weighted by atomic mass is 9.99. The third-order valence-corrected chi connectivity index (χ3v) is 4.96. The molecule has 0 unspecified atom stereocenters. The van der Waals surface area contributed by atoms with E-state index in [0.29, 0.717) is 16.3 Å². The van der Waals surface area contributed by atoms with Crippen LogP contribution in [0.3, 0.4) is 0 Å². The van der Waals surface area contributed by atoms with Crippen LogP contribution in [0.4, 0.5) is 5.69 Å². The standard InChI is InChI=1S/C20H16ClNO/c1-12-5-9-15(11-18(12)21)22-20(23)17-10-8-14-7-6-13-3-2-4-16(17)19(13)14/h2-5,8-11H,6-7H2,1H3,(H,22,23). The van der Waals surface area contributed by atoms with E-state index in [2.05, 4.69) is 17.4 Å². The van der Waals surface area contributed by atoms with E-state index in [0.717, 1.165) is 23.8 Å². The number of carbonyl (C=O) groups is 1. The van der Waals surface area contributed by atoms with Crippen molar-refractivity contribution in [2.45, 2.75) is 19.8 Å². The van der Waals surface area contributed by atoms with Gasteiger partial charge in [-0.05, 0) is 65.4 Å². The van der Waals surface area contributed by atoms with Crippen molar-refractivity contribution in [3.63, 3.8) is 0 Å². The fourth-order valence-corrected chi connectivity index (χ4v) is 3.49. The van der Waals surface area contributed by atoms with Gasteiger partial charge in [0.05, 0.1) is 0 Å². The summed E-state index contributed by atoms with van der Waals surface area (Å²) in [5.41, 5.74) is 5.10. The molecule has 23 heavy (non-hydrogen) atoms. The van der Waals surface area contributed by atoms with Gasteiger partial charge in [-0.2, -0.15) is 0 Å². The van der Waals surface area contributed by atoms with Crippen LogP contribution in [0, 0.1) is 6.92 Å². The summed E-state index contributed by atoms with van der Waals surface area (Å²) in [5.74, 6) is -0.0967. The first-order valence-electron chi connectivity index (χ1n) is 7.74. The van der Waals surface area contributed by atoms with Crippen molar-refractivity contribution in [1.82, 2.24) is 0 Å². The summed E-state index contributed by atoms with van der Waals surface area (Å²) in [6, 6.07) is 15.8. The Hall–Kier alpha value is -2.32. The van der Waals surface area contributed by atoms with Crippen LogP contribution in [0.25, 0.3) is 10.8 Å². The normalized spacial score (nSPS) is 12.6. The molecule has 2 nitrogen and oxygen atoms in total. The molecule has 0 radical (unpaired) electrons. The Morgan fingerprint density at radius 2 is 1.83 bits per heavy atom. The molecule has 1 aliphatic carbocycles. The number of hydrogen-bond donors (Lipinski definition) is 1. The minimum absolute atomic E-state index is 0.0967. The first kappa shape index (κ1) is 14.3. The van der Waals surface area contributed by atoms with Crippen molar-refractivity contribution in [2.24, 2.45) is 0 Å². The van der Waals surface area contributed by atoms with Crippen LogP contribution in [-0.2, 0) is 12.8 Å². The van der Waals surface area contributed by atoms with E-state index in [1.54, 1.807) is 6.07 Å². The second-order valence-electron chi connectivity index (χ2n) is 6.03. The van der Waals surface area contributed by atoms with Gasteiger partial charge in [0, 0.05) is 16.3 Å². The van der Waals surface area contributed by atoms with Crippen LogP contribution in [0.15, 0.2) is 48.5 Å². The van der Waals surface area contributed by atoms with Gasteiger partial charge in [-0.3, -0.25) is 4.79 Å². The second-order valence-corrected chi connectivity index (χ2v) is 6.44. The molecule has 0 spiro atoms. The van der Waals surface area contributed by atoms with E-state index in [4.69, 9.17) is 11.6 Å². The van der Waals surface area contributed by atoms with Crippen molar-refractivity contribution in [3.8, 4) is 0 Å². The molecular weight excluding hydrogens is 306 g/mol. The Morgan fingerprint density at radius 1 is 1.04 bits per heavy atom. The smallest absolute Gasteiger partial charge is 0.256 e. The molecule has 3 aromatic rings. The number of halogens is 1. The minimum atomic E-state index is -0.0967. The number of nitrogens with one attached hydrogen (secondary N) is 1. The molecule has 1 amide bonds. The lowest BCUT2D eigenvalue weighted by molar-refractivity contribution is 0.102. The maximum atomic E-state index is 12.7. The summed E-state index contributed by atoms with van der Waals surface area (Å²) >= 11 is 6.14. The number of rotatable bonds is 2. The van der Waals surface area contributed by atoms with E-state index >= 15 is 0 Å². The van der Waals surface area contributed by atoms with Crippen molar-refractivity contribution in [2.75, 3.05) is 5.32 Å². The quantitative estimate of drug-likeness (QED) is 0.694. The average molecular weight is 322 g/mol. The Bertz CT molecular complexity index is 936. The van der Waals surface area contributed by atoms with Gasteiger partial charge in [0.2, 0.25) is 0 Å². The highest BCUT2D eigenvalue weighted by molar-refractivity contribution is 6.31. The fraction of sp³-hybridized carbons (Fsp3) is 0.150. The van der Waals surface area contributed by atoms with Gasteiger partial charge in [0.15, 0.2) is 0 Å². The lowest BCUT2D eigenvalue weighted by Gasteiger charge is -2.10. The van der Waals surface area contributed by atoms with Gasteiger partial charge in [0.1, 0.15) is 0 Å². The van der Waals surface area contributed by atoms with Crippen molar-refractivity contribution in [3.05, 3.63) is 75.8 Å². The number of amides is 1. The Kier molecular flexibility index (Phi) is 3.35. The molecule has 0 fully saturated rings. The Balaban J connectivity index is 1.74. The molecule has 0 heterocycles. The van der Waals surface area contributed by atoms with Gasteiger partial charge in [-0.15, -0.1) is 0 Å². The molecule has 3 aromatic carbocycles. The molecule has 3 heteroatoms. The molecule has 0 aromatic heterocycles. The SMILES string of the molecule is Cc1ccc(NC(=O)c2ccc3c4c(cccc24)CC3)cc1Cl. The summed E-state index contributed by atoms with van der Waals surface area (Å²) in [6.07, 6.45) is 2.12. The maximum absolute atomic E-state index is 12.7. The molecule has 1 N–H and O–H groups in total. The monoisotopic (exact) mass is 321 g/mol. The molecule has 4 rings (SSSR count). The van der Waals surface area contributed by atoms with Crippen LogP contribution in [-0.4, -0.2) is 5.91 Å². The summed E-state index contributed by atoms with van der Waals surface area (Å²) in [6.45, 7) is 1.94. The zero-order valence-electron chi connectivity index (χ0n) is 12.8. The van der Waals surface area contributed by atoms with Crippen molar-refractivity contribution >= 4 is 34.0 Å². The molecule has 114 valence electrons. The van der Waals surface area contributed by atoms with Crippen LogP contribution in [0.5, 0.6) is 0 Å². The summed E-state index contributed by atoms with van der Waals surface area (Å²) in [5, 5.41) is 5.90. The van der Waals surface area contributed by atoms with Crippen LogP contribution < -0.4 is 5.32 Å². The summed E-state index contributed by atoms with van der Waals surface area (Å²) in [7, 11) is 0. The first-order valence-corrected chi connectivity index (χ1v) is 8.12. The van der Waals surface area contributed by atoms with E-state index < -0.39 is 0 Å². The van der Waals surface area contributed by atoms with Gasteiger partial charge in [-0.25, -0.2) is 0 Å². The van der Waals surface area contributed by atoms with Crippen LogP contribution >= 0.6 is 11.6 Å². The molecule has 1 aliphatic rings. The van der Waals surface area contributed by atoms with Crippen LogP contribution in [0.2, 0.25) is 5.02 Å². The molecular formula is C20H16ClNO. The van der Waals surface area contributed by atoms with Crippen molar-refractivity contribution in [1.29, 1.82) is 0 Å². The zero-order valence-corrected chi connectivity index (χ0v) is 13.6. The number of hydrogen-bond acceptors (Lipinski definition) is 1. The van der Waals surface area contributed by atoms with Crippen molar-refractivity contribution < 1.29 is 4.79 Å². The number of benzene rings is 3. The van der Waals surface area contributed by atoms with E-state index in [-0.39, 0.29) is 5.91 Å². The highest BCUT2D eigenvalue weighted by Crippen LogP contribution is 2.33. The van der Waals surface area contributed by atoms with Gasteiger partial charge in [0.25, 0.3) is 5.91 Å². The predicted molar refractivity (Wildman–Crippen MR) is 95.5 cm³/mol.